The van der Waals surface area contributed by atoms with Gasteiger partial charge in [0.1, 0.15) is 34.6 Å². The molecule has 19 nitrogen and oxygen atoms in total. The zero-order valence-electron chi connectivity index (χ0n) is 32.4. The van der Waals surface area contributed by atoms with Crippen molar-refractivity contribution in [1.82, 2.24) is 14.1 Å². The van der Waals surface area contributed by atoms with E-state index in [4.69, 9.17) is 48.8 Å². The molecule has 1 aliphatic rings. The van der Waals surface area contributed by atoms with Crippen molar-refractivity contribution in [1.29, 1.82) is 0 Å². The highest BCUT2D eigenvalue weighted by molar-refractivity contribution is 8.00. The number of aliphatic carboxylic acids is 2. The second kappa shape index (κ2) is 22.2. The Morgan fingerprint density at radius 2 is 1.73 bits per heavy atom. The molecule has 6 N–H and O–H groups in total. The predicted octanol–water partition coefficient (Wildman–Crippen LogP) is 6.14. The van der Waals surface area contributed by atoms with Crippen LogP contribution in [0, 0.1) is 15.9 Å². The van der Waals surface area contributed by atoms with Crippen LogP contribution in [-0.4, -0.2) is 86.5 Å². The summed E-state index contributed by atoms with van der Waals surface area (Å²) < 4.78 is 95.4. The number of hydrogen-bond donors (Lipinski definition) is 5. The zero-order chi connectivity index (χ0) is 47.6. The number of carbonyl (C=O) groups is 3. The number of benzene rings is 3. The summed E-state index contributed by atoms with van der Waals surface area (Å²) >= 11 is 13.7. The maximum Gasteiger partial charge on any atom is 0.416 e. The van der Waals surface area contributed by atoms with E-state index in [2.05, 4.69) is 4.99 Å². The first-order valence-corrected chi connectivity index (χ1v) is 24.1. The fraction of sp³-hybridized carbons (Fsp3) is 0.324. The monoisotopic (exact) mass is 1010 g/mol. The maximum atomic E-state index is 14.2. The highest BCUT2D eigenvalue weighted by atomic mass is 35.5. The van der Waals surface area contributed by atoms with Crippen molar-refractivity contribution in [2.24, 2.45) is 10.7 Å². The van der Waals surface area contributed by atoms with Crippen LogP contribution in [0.15, 0.2) is 63.2 Å². The minimum atomic E-state index is -4.62. The summed E-state index contributed by atoms with van der Waals surface area (Å²) in [6.07, 6.45) is -2.07. The number of aromatic nitrogens is 2. The number of sulfonamides is 1. The van der Waals surface area contributed by atoms with Crippen LogP contribution in [0.5, 0.6) is 11.5 Å². The number of nitro benzene ring substituents is 1. The molecule has 2 atom stereocenters. The molecule has 4 aromatic rings. The summed E-state index contributed by atoms with van der Waals surface area (Å²) in [4.78, 5) is 68.7. The fourth-order valence-corrected chi connectivity index (χ4v) is 8.21. The molecule has 344 valence electrons. The molecule has 0 fully saturated rings. The summed E-state index contributed by atoms with van der Waals surface area (Å²) in [7, 11) is -7.10. The third kappa shape index (κ3) is 16.7. The molecule has 1 aromatic heterocycles. The van der Waals surface area contributed by atoms with E-state index in [0.29, 0.717) is 41.2 Å². The second-order valence-corrected chi connectivity index (χ2v) is 20.1. The Bertz CT molecular complexity index is 2680. The van der Waals surface area contributed by atoms with E-state index in [1.807, 2.05) is 0 Å². The lowest BCUT2D eigenvalue weighted by Gasteiger charge is -2.15. The number of hydrogen-bond acceptors (Lipinski definition) is 14. The Morgan fingerprint density at radius 3 is 2.27 bits per heavy atom. The van der Waals surface area contributed by atoms with Gasteiger partial charge in [0, 0.05) is 42.9 Å². The van der Waals surface area contributed by atoms with Gasteiger partial charge >= 0.3 is 23.0 Å². The fourth-order valence-electron chi connectivity index (χ4n) is 4.91. The molecule has 0 saturated heterocycles. The minimum Gasteiger partial charge on any atom is -0.481 e. The smallest absolute Gasteiger partial charge is 0.416 e. The van der Waals surface area contributed by atoms with Crippen LogP contribution in [0.1, 0.15) is 35.2 Å². The first kappa shape index (κ1) is 52.5. The topological polar surface area (TPSA) is 293 Å². The van der Waals surface area contributed by atoms with Gasteiger partial charge in [-0.25, -0.2) is 27.2 Å². The van der Waals surface area contributed by atoms with Crippen LogP contribution in [0.2, 0.25) is 10.0 Å². The normalized spacial score (nSPS) is 14.1. The van der Waals surface area contributed by atoms with E-state index in [-0.39, 0.29) is 45.4 Å². The molecule has 0 aliphatic carbocycles. The second-order valence-electron chi connectivity index (χ2n) is 13.0. The Morgan fingerprint density at radius 1 is 1.10 bits per heavy atom. The number of nitrogens with one attached hydrogen (secondary N) is 1. The van der Waals surface area contributed by atoms with E-state index >= 15 is 0 Å². The van der Waals surface area contributed by atoms with Crippen molar-refractivity contribution < 1.29 is 69.7 Å². The highest BCUT2D eigenvalue weighted by Crippen LogP contribution is 2.38. The maximum absolute atomic E-state index is 14.2. The number of fused-ring (bicyclic) bond motifs is 1. The van der Waals surface area contributed by atoms with Crippen molar-refractivity contribution in [3.8, 4) is 11.5 Å². The molecular formula is C34H35Cl2F4N6O13PS3. The quantitative estimate of drug-likeness (QED) is 0.0330. The molecular weight excluding hydrogens is 974 g/mol. The Balaban J connectivity index is 0.000000274. The first-order chi connectivity index (χ1) is 29.1. The van der Waals surface area contributed by atoms with Gasteiger partial charge in [-0.1, -0.05) is 23.2 Å². The van der Waals surface area contributed by atoms with E-state index < -0.39 is 80.0 Å². The molecule has 1 amide bonds. The molecule has 0 bridgehead atoms. The third-order valence-electron chi connectivity index (χ3n) is 7.81. The number of halogens is 6. The van der Waals surface area contributed by atoms with E-state index in [0.717, 1.165) is 66.3 Å². The molecule has 5 rings (SSSR count). The van der Waals surface area contributed by atoms with Gasteiger partial charge in [-0.15, -0.1) is 11.8 Å². The van der Waals surface area contributed by atoms with Gasteiger partial charge in [-0.3, -0.25) is 38.5 Å². The first-order valence-electron chi connectivity index (χ1n) is 17.4. The third-order valence-corrected chi connectivity index (χ3v) is 12.1. The lowest BCUT2D eigenvalue weighted by molar-refractivity contribution is -0.385. The van der Waals surface area contributed by atoms with Crippen LogP contribution in [0.4, 0.5) is 28.9 Å². The lowest BCUT2D eigenvalue weighted by atomic mass is 10.1. The average molecular weight is 1010 g/mol. The number of nitrogens with two attached hydrogens (primary N) is 1. The Hall–Kier alpha value is -4.82. The molecule has 0 spiro atoms. The average Bonchev–Trinajstić information content (AvgIpc) is 3.48. The molecule has 2 heterocycles. The molecule has 29 heteroatoms. The van der Waals surface area contributed by atoms with Crippen molar-refractivity contribution >= 4 is 92.9 Å². The molecule has 63 heavy (non-hydrogen) atoms. The number of carbonyl (C=O) groups excluding carboxylic acids is 1. The number of nitro groups is 1. The van der Waals surface area contributed by atoms with Crippen LogP contribution in [-0.2, 0) is 43.4 Å². The Labute approximate surface area is 371 Å². The zero-order valence-corrected chi connectivity index (χ0v) is 37.2. The number of carboxylic acid groups (broad SMARTS) is 2. The number of nitrogens with zero attached hydrogens (tertiary/aromatic N) is 4. The van der Waals surface area contributed by atoms with Crippen molar-refractivity contribution in [3.05, 3.63) is 100 Å². The molecule has 3 aromatic carbocycles. The largest absolute Gasteiger partial charge is 0.481 e. The van der Waals surface area contributed by atoms with Gasteiger partial charge in [-0.05, 0) is 67.0 Å². The van der Waals surface area contributed by atoms with Crippen molar-refractivity contribution in [2.75, 3.05) is 24.8 Å². The molecule has 0 saturated carbocycles. The summed E-state index contributed by atoms with van der Waals surface area (Å²) in [6.45, 7) is 2.47. The summed E-state index contributed by atoms with van der Waals surface area (Å²) in [5, 5.41) is 27.8. The highest BCUT2D eigenvalue weighted by Gasteiger charge is 2.31. The number of ether oxygens (including phenoxy) is 1. The van der Waals surface area contributed by atoms with Crippen LogP contribution in [0.3, 0.4) is 0 Å². The number of amides is 1. The van der Waals surface area contributed by atoms with E-state index in [1.165, 1.54) is 12.7 Å². The van der Waals surface area contributed by atoms with Crippen LogP contribution >= 0.6 is 53.7 Å². The van der Waals surface area contributed by atoms with Gasteiger partial charge in [0.05, 0.1) is 32.5 Å². The number of carboxylic acids is 2. The van der Waals surface area contributed by atoms with Gasteiger partial charge < -0.3 is 25.6 Å². The van der Waals surface area contributed by atoms with Crippen LogP contribution < -0.4 is 24.9 Å². The van der Waals surface area contributed by atoms with E-state index in [9.17, 15) is 59.8 Å². The van der Waals surface area contributed by atoms with Crippen molar-refractivity contribution in [3.63, 3.8) is 0 Å². The summed E-state index contributed by atoms with van der Waals surface area (Å²) in [5.74, 6) is -4.61. The SMILES string of the molecule is CP(=O)(O)CCC(N)C(=O)O.CS(=O)(=O)NC(=O)c1cc(Oc2ccc(C(F)(F)F)cc2Cl)ccc1[N+](=O)[O-].O=C(O)CSc1cc(N=c2sc(=O)n3n2CCCC3)c(F)cc1Cl. The minimum absolute atomic E-state index is 0.0370. The van der Waals surface area contributed by atoms with Gasteiger partial charge in [0.15, 0.2) is 7.37 Å². The molecule has 1 aliphatic heterocycles. The summed E-state index contributed by atoms with van der Waals surface area (Å²) in [6, 6.07) is 6.58. The summed E-state index contributed by atoms with van der Waals surface area (Å²) in [5.41, 5.74) is 2.79. The van der Waals surface area contributed by atoms with Gasteiger partial charge in [-0.2, -0.15) is 13.2 Å². The molecule has 2 unspecified atom stereocenters. The standard InChI is InChI=1S/C15H10ClF3N2O6S.C14H13ClFN3O3S2.C5H12NO4P/c1-28(25,26)20-14(22)10-7-9(3-4-12(10)21(23)24)27-13-5-2-8(6-11(13)16)15(17,18)19;15-8-5-9(16)10(6-11(8)23-7-12(20)21)17-13-18-3-1-2-4-19(18)14(22)24-13;1-11(9,10)3-2-4(6)5(7)8/h2-7H,1H3,(H,20,22);5-6H,1-4,7H2,(H,20,21);4H,2-3,6H2,1H3,(H,7,8)(H,9,10). The number of rotatable bonds is 13. The number of thioether (sulfide) groups is 1. The number of alkyl halides is 3. The van der Waals surface area contributed by atoms with Crippen LogP contribution in [0.25, 0.3) is 0 Å². The molecule has 0 radical (unpaired) electrons. The van der Waals surface area contributed by atoms with Gasteiger partial charge in [0.25, 0.3) is 11.6 Å². The predicted molar refractivity (Wildman–Crippen MR) is 224 cm³/mol. The van der Waals surface area contributed by atoms with E-state index in [1.54, 1.807) is 14.1 Å². The van der Waals surface area contributed by atoms with Crippen molar-refractivity contribution in [2.45, 2.75) is 49.5 Å². The lowest BCUT2D eigenvalue weighted by Crippen LogP contribution is -2.31. The Kier molecular flexibility index (Phi) is 18.5. The van der Waals surface area contributed by atoms with Gasteiger partial charge in [0.2, 0.25) is 14.8 Å².